The zero-order valence-electron chi connectivity index (χ0n) is 11.2. The van der Waals surface area contributed by atoms with Gasteiger partial charge in [0.15, 0.2) is 0 Å². The maximum absolute atomic E-state index is 5.93. The molecule has 0 aliphatic rings. The summed E-state index contributed by atoms with van der Waals surface area (Å²) in [5.41, 5.74) is 2.47. The molecule has 0 amide bonds. The van der Waals surface area contributed by atoms with Gasteiger partial charge in [-0.25, -0.2) is 4.98 Å². The Kier molecular flexibility index (Phi) is 3.28. The van der Waals surface area contributed by atoms with Crippen molar-refractivity contribution in [3.05, 3.63) is 41.8 Å². The molecule has 5 nitrogen and oxygen atoms in total. The topological polar surface area (TPSA) is 55.6 Å². The van der Waals surface area contributed by atoms with Crippen LogP contribution in [0.3, 0.4) is 0 Å². The molecule has 6 heteroatoms. The quantitative estimate of drug-likeness (QED) is 0.796. The minimum atomic E-state index is 0.329. The Labute approximate surface area is 121 Å². The van der Waals surface area contributed by atoms with Crippen molar-refractivity contribution in [2.24, 2.45) is 0 Å². The lowest BCUT2D eigenvalue weighted by molar-refractivity contribution is 0.532. The van der Waals surface area contributed by atoms with E-state index in [1.165, 1.54) is 0 Å². The van der Waals surface area contributed by atoms with E-state index in [1.807, 2.05) is 16.9 Å². The highest BCUT2D eigenvalue weighted by Gasteiger charge is 2.04. The van der Waals surface area contributed by atoms with Crippen molar-refractivity contribution < 1.29 is 0 Å². The Morgan fingerprint density at radius 3 is 2.80 bits per heavy atom. The standard InChI is InChI=1S/C14H14ClN5/c1-9(2)20-8-11(6-17-20)18-14-7-16-13-5-10(15)3-4-12(13)19-14/h3-9H,1-2H3,(H,18,19). The molecule has 0 spiro atoms. The van der Waals surface area contributed by atoms with Crippen LogP contribution in [0.4, 0.5) is 11.5 Å². The van der Waals surface area contributed by atoms with E-state index in [0.29, 0.717) is 16.9 Å². The Morgan fingerprint density at radius 2 is 2.05 bits per heavy atom. The Morgan fingerprint density at radius 1 is 1.20 bits per heavy atom. The number of halogens is 1. The number of benzene rings is 1. The fourth-order valence-electron chi connectivity index (χ4n) is 1.88. The number of anilines is 2. The smallest absolute Gasteiger partial charge is 0.149 e. The number of nitrogens with one attached hydrogen (secondary N) is 1. The van der Waals surface area contributed by atoms with Gasteiger partial charge in [0.1, 0.15) is 5.82 Å². The second-order valence-corrected chi connectivity index (χ2v) is 5.25. The average molecular weight is 288 g/mol. The summed E-state index contributed by atoms with van der Waals surface area (Å²) in [6, 6.07) is 5.78. The summed E-state index contributed by atoms with van der Waals surface area (Å²) in [7, 11) is 0. The molecule has 0 saturated carbocycles. The summed E-state index contributed by atoms with van der Waals surface area (Å²) in [5, 5.41) is 8.13. The first-order valence-electron chi connectivity index (χ1n) is 6.35. The minimum Gasteiger partial charge on any atom is -0.336 e. The first kappa shape index (κ1) is 12.9. The first-order chi connectivity index (χ1) is 9.61. The molecule has 0 atom stereocenters. The molecular formula is C14H14ClN5. The predicted molar refractivity (Wildman–Crippen MR) is 80.4 cm³/mol. The fourth-order valence-corrected chi connectivity index (χ4v) is 2.04. The molecule has 102 valence electrons. The van der Waals surface area contributed by atoms with Gasteiger partial charge >= 0.3 is 0 Å². The lowest BCUT2D eigenvalue weighted by Crippen LogP contribution is -2.00. The molecule has 0 aliphatic heterocycles. The zero-order chi connectivity index (χ0) is 14.1. The van der Waals surface area contributed by atoms with Crippen LogP contribution in [0, 0.1) is 0 Å². The third kappa shape index (κ3) is 2.58. The van der Waals surface area contributed by atoms with Crippen molar-refractivity contribution in [2.75, 3.05) is 5.32 Å². The van der Waals surface area contributed by atoms with E-state index >= 15 is 0 Å². The molecule has 3 aromatic rings. The highest BCUT2D eigenvalue weighted by molar-refractivity contribution is 6.31. The van der Waals surface area contributed by atoms with E-state index in [1.54, 1.807) is 24.5 Å². The Balaban J connectivity index is 1.88. The maximum atomic E-state index is 5.93. The number of rotatable bonds is 3. The van der Waals surface area contributed by atoms with Crippen molar-refractivity contribution in [3.63, 3.8) is 0 Å². The number of nitrogens with zero attached hydrogens (tertiary/aromatic N) is 4. The number of fused-ring (bicyclic) bond motifs is 1. The third-order valence-electron chi connectivity index (χ3n) is 2.91. The largest absolute Gasteiger partial charge is 0.336 e. The minimum absolute atomic E-state index is 0.329. The summed E-state index contributed by atoms with van der Waals surface area (Å²) in [6.07, 6.45) is 5.40. The average Bonchev–Trinajstić information content (AvgIpc) is 2.88. The van der Waals surface area contributed by atoms with Gasteiger partial charge in [-0.3, -0.25) is 9.67 Å². The highest BCUT2D eigenvalue weighted by Crippen LogP contribution is 2.20. The summed E-state index contributed by atoms with van der Waals surface area (Å²) in [4.78, 5) is 8.84. The van der Waals surface area contributed by atoms with Crippen molar-refractivity contribution in [3.8, 4) is 0 Å². The molecule has 0 bridgehead atoms. The number of hydrogen-bond donors (Lipinski definition) is 1. The van der Waals surface area contributed by atoms with E-state index in [-0.39, 0.29) is 0 Å². The van der Waals surface area contributed by atoms with Crippen LogP contribution in [0.5, 0.6) is 0 Å². The van der Waals surface area contributed by atoms with E-state index in [4.69, 9.17) is 11.6 Å². The van der Waals surface area contributed by atoms with Crippen LogP contribution in [-0.4, -0.2) is 19.7 Å². The number of hydrogen-bond acceptors (Lipinski definition) is 4. The summed E-state index contributed by atoms with van der Waals surface area (Å²) in [6.45, 7) is 4.16. The van der Waals surface area contributed by atoms with Gasteiger partial charge in [0.05, 0.1) is 29.1 Å². The van der Waals surface area contributed by atoms with Crippen molar-refractivity contribution >= 4 is 34.1 Å². The van der Waals surface area contributed by atoms with E-state index in [2.05, 4.69) is 34.2 Å². The second-order valence-electron chi connectivity index (χ2n) is 4.82. The van der Waals surface area contributed by atoms with Crippen LogP contribution in [0.2, 0.25) is 5.02 Å². The van der Waals surface area contributed by atoms with Gasteiger partial charge in [0, 0.05) is 17.3 Å². The predicted octanol–water partition coefficient (Wildman–Crippen LogP) is 3.80. The molecule has 0 saturated heterocycles. The monoisotopic (exact) mass is 287 g/mol. The van der Waals surface area contributed by atoms with Gasteiger partial charge in [0.2, 0.25) is 0 Å². The first-order valence-corrected chi connectivity index (χ1v) is 6.73. The zero-order valence-corrected chi connectivity index (χ0v) is 12.0. The molecule has 0 radical (unpaired) electrons. The normalized spacial score (nSPS) is 11.2. The highest BCUT2D eigenvalue weighted by atomic mass is 35.5. The molecule has 1 aromatic carbocycles. The van der Waals surface area contributed by atoms with Crippen LogP contribution in [-0.2, 0) is 0 Å². The molecular weight excluding hydrogens is 274 g/mol. The fraction of sp³-hybridized carbons (Fsp3) is 0.214. The molecule has 2 heterocycles. The molecule has 2 aromatic heterocycles. The van der Waals surface area contributed by atoms with Crippen molar-refractivity contribution in [1.29, 1.82) is 0 Å². The van der Waals surface area contributed by atoms with Gasteiger partial charge in [-0.2, -0.15) is 5.10 Å². The van der Waals surface area contributed by atoms with Crippen LogP contribution in [0.25, 0.3) is 11.0 Å². The van der Waals surface area contributed by atoms with Crippen molar-refractivity contribution in [2.45, 2.75) is 19.9 Å². The lowest BCUT2D eigenvalue weighted by Gasteiger charge is -2.05. The van der Waals surface area contributed by atoms with Gasteiger partial charge in [0.25, 0.3) is 0 Å². The van der Waals surface area contributed by atoms with Gasteiger partial charge in [-0.15, -0.1) is 0 Å². The molecule has 20 heavy (non-hydrogen) atoms. The molecule has 3 rings (SSSR count). The Hall–Kier alpha value is -2.14. The second kappa shape index (κ2) is 5.09. The van der Waals surface area contributed by atoms with E-state index < -0.39 is 0 Å². The van der Waals surface area contributed by atoms with Crippen LogP contribution in [0.15, 0.2) is 36.8 Å². The maximum Gasteiger partial charge on any atom is 0.149 e. The van der Waals surface area contributed by atoms with E-state index in [0.717, 1.165) is 16.7 Å². The Bertz CT molecular complexity index is 750. The van der Waals surface area contributed by atoms with Gasteiger partial charge in [-0.05, 0) is 32.0 Å². The van der Waals surface area contributed by atoms with Crippen LogP contribution < -0.4 is 5.32 Å². The van der Waals surface area contributed by atoms with Gasteiger partial charge in [-0.1, -0.05) is 11.6 Å². The third-order valence-corrected chi connectivity index (χ3v) is 3.14. The van der Waals surface area contributed by atoms with Crippen LogP contribution in [0.1, 0.15) is 19.9 Å². The molecule has 1 N–H and O–H groups in total. The van der Waals surface area contributed by atoms with Gasteiger partial charge < -0.3 is 5.32 Å². The molecule has 0 unspecified atom stereocenters. The number of aromatic nitrogens is 4. The summed E-state index contributed by atoms with van der Waals surface area (Å²) in [5.74, 6) is 0.683. The summed E-state index contributed by atoms with van der Waals surface area (Å²) >= 11 is 5.93. The summed E-state index contributed by atoms with van der Waals surface area (Å²) < 4.78 is 1.89. The molecule has 0 fully saturated rings. The van der Waals surface area contributed by atoms with Crippen molar-refractivity contribution in [1.82, 2.24) is 19.7 Å². The SMILES string of the molecule is CC(C)n1cc(Nc2cnc3cc(Cl)ccc3n2)cn1. The molecule has 0 aliphatic carbocycles. The van der Waals surface area contributed by atoms with E-state index in [9.17, 15) is 0 Å². The lowest BCUT2D eigenvalue weighted by atomic mass is 10.3. The van der Waals surface area contributed by atoms with Crippen LogP contribution >= 0.6 is 11.6 Å².